The molecule has 7 heteroatoms. The molecule has 25 heavy (non-hydrogen) atoms. The maximum Gasteiger partial charge on any atom is 0.573 e. The topological polar surface area (TPSA) is 36.9 Å². The van der Waals surface area contributed by atoms with Crippen LogP contribution in [0.25, 0.3) is 0 Å². The lowest BCUT2D eigenvalue weighted by Crippen LogP contribution is -2.43. The van der Waals surface area contributed by atoms with Gasteiger partial charge in [-0.05, 0) is 48.8 Å². The van der Waals surface area contributed by atoms with Crippen molar-refractivity contribution in [1.82, 2.24) is 10.2 Å². The van der Waals surface area contributed by atoms with Crippen LogP contribution in [0.3, 0.4) is 0 Å². The molecule has 0 radical (unpaired) electrons. The number of nitrogens with zero attached hydrogens (tertiary/aromatic N) is 2. The molecule has 1 heterocycles. The maximum atomic E-state index is 12.2. The Morgan fingerprint density at radius 2 is 1.96 bits per heavy atom. The van der Waals surface area contributed by atoms with E-state index >= 15 is 0 Å². The number of alkyl halides is 3. The number of nitrogens with one attached hydrogen (secondary N) is 1. The third-order valence-corrected chi connectivity index (χ3v) is 5.22. The van der Waals surface area contributed by atoms with Crippen molar-refractivity contribution in [2.24, 2.45) is 10.4 Å². The van der Waals surface area contributed by atoms with Crippen molar-refractivity contribution in [2.45, 2.75) is 38.5 Å². The van der Waals surface area contributed by atoms with Crippen molar-refractivity contribution in [3.8, 4) is 5.75 Å². The summed E-state index contributed by atoms with van der Waals surface area (Å²) in [6.45, 7) is 2.81. The molecule has 138 valence electrons. The molecule has 0 bridgehead atoms. The molecule has 1 N–H and O–H groups in total. The van der Waals surface area contributed by atoms with Crippen molar-refractivity contribution < 1.29 is 17.9 Å². The molecular formula is C18H24F3N3O. The summed E-state index contributed by atoms with van der Waals surface area (Å²) in [6, 6.07) is 6.01. The SMILES string of the molecule is CN=C(NCCc1ccc(OC(F)(F)F)cc1)N1CCC2(CCC2)C1. The summed E-state index contributed by atoms with van der Waals surface area (Å²) in [4.78, 5) is 6.68. The van der Waals surface area contributed by atoms with E-state index in [0.717, 1.165) is 24.6 Å². The minimum Gasteiger partial charge on any atom is -0.406 e. The van der Waals surface area contributed by atoms with Gasteiger partial charge in [-0.3, -0.25) is 4.99 Å². The second kappa shape index (κ2) is 7.14. The van der Waals surface area contributed by atoms with E-state index < -0.39 is 6.36 Å². The molecule has 2 aliphatic rings. The second-order valence-corrected chi connectivity index (χ2v) is 6.94. The molecule has 1 aromatic carbocycles. The van der Waals surface area contributed by atoms with Crippen molar-refractivity contribution in [1.29, 1.82) is 0 Å². The highest BCUT2D eigenvalue weighted by Crippen LogP contribution is 2.47. The van der Waals surface area contributed by atoms with E-state index in [4.69, 9.17) is 0 Å². The second-order valence-electron chi connectivity index (χ2n) is 6.94. The largest absolute Gasteiger partial charge is 0.573 e. The van der Waals surface area contributed by atoms with Gasteiger partial charge in [0.2, 0.25) is 0 Å². The van der Waals surface area contributed by atoms with Crippen LogP contribution >= 0.6 is 0 Å². The lowest BCUT2D eigenvalue weighted by Gasteiger charge is -2.38. The van der Waals surface area contributed by atoms with Crippen LogP contribution in [0, 0.1) is 5.41 Å². The Bertz CT molecular complexity index is 609. The van der Waals surface area contributed by atoms with Gasteiger partial charge in [0, 0.05) is 26.7 Å². The van der Waals surface area contributed by atoms with Crippen LogP contribution in [-0.2, 0) is 6.42 Å². The zero-order chi connectivity index (χ0) is 17.9. The van der Waals surface area contributed by atoms with Crippen molar-refractivity contribution in [3.63, 3.8) is 0 Å². The molecule has 3 rings (SSSR count). The van der Waals surface area contributed by atoms with Crippen molar-refractivity contribution >= 4 is 5.96 Å². The average molecular weight is 355 g/mol. The maximum absolute atomic E-state index is 12.2. The Morgan fingerprint density at radius 1 is 1.24 bits per heavy atom. The fourth-order valence-corrected chi connectivity index (χ4v) is 3.71. The number of benzene rings is 1. The first-order chi connectivity index (χ1) is 11.9. The van der Waals surface area contributed by atoms with Gasteiger partial charge in [-0.2, -0.15) is 0 Å². The Balaban J connectivity index is 1.45. The van der Waals surface area contributed by atoms with Crippen LogP contribution in [0.5, 0.6) is 5.75 Å². The standard InChI is InChI=1S/C18H24F3N3O/c1-22-16(24-12-10-17(13-24)8-2-9-17)23-11-7-14-3-5-15(6-4-14)25-18(19,20)21/h3-6H,2,7-13H2,1H3,(H,22,23). The highest BCUT2D eigenvalue weighted by molar-refractivity contribution is 5.80. The minimum absolute atomic E-state index is 0.192. The Hall–Kier alpha value is -1.92. The molecule has 0 atom stereocenters. The predicted octanol–water partition coefficient (Wildman–Crippen LogP) is 3.58. The molecule has 1 saturated carbocycles. The lowest BCUT2D eigenvalue weighted by atomic mass is 9.68. The molecule has 1 aliphatic heterocycles. The van der Waals surface area contributed by atoms with Gasteiger partial charge >= 0.3 is 6.36 Å². The van der Waals surface area contributed by atoms with Crippen LogP contribution in [0.15, 0.2) is 29.3 Å². The molecule has 4 nitrogen and oxygen atoms in total. The first kappa shape index (κ1) is 17.9. The van der Waals surface area contributed by atoms with Crippen molar-refractivity contribution in [3.05, 3.63) is 29.8 Å². The van der Waals surface area contributed by atoms with Gasteiger partial charge in [0.15, 0.2) is 5.96 Å². The molecule has 1 saturated heterocycles. The van der Waals surface area contributed by atoms with Gasteiger partial charge in [-0.15, -0.1) is 13.2 Å². The molecule has 1 aromatic rings. The third-order valence-electron chi connectivity index (χ3n) is 5.22. The summed E-state index contributed by atoms with van der Waals surface area (Å²) in [5, 5.41) is 3.36. The number of ether oxygens (including phenoxy) is 1. The minimum atomic E-state index is -4.65. The Kier molecular flexibility index (Phi) is 5.11. The number of hydrogen-bond donors (Lipinski definition) is 1. The van der Waals surface area contributed by atoms with Crippen molar-refractivity contribution in [2.75, 3.05) is 26.7 Å². The van der Waals surface area contributed by atoms with E-state index in [1.165, 1.54) is 37.8 Å². The molecule has 2 fully saturated rings. The van der Waals surface area contributed by atoms with E-state index in [1.54, 1.807) is 19.2 Å². The van der Waals surface area contributed by atoms with Gasteiger partial charge in [-0.1, -0.05) is 18.6 Å². The van der Waals surface area contributed by atoms with Gasteiger partial charge < -0.3 is 15.0 Å². The number of likely N-dealkylation sites (tertiary alicyclic amines) is 1. The molecule has 1 spiro atoms. The zero-order valence-corrected chi connectivity index (χ0v) is 14.4. The first-order valence-corrected chi connectivity index (χ1v) is 8.69. The fourth-order valence-electron chi connectivity index (χ4n) is 3.71. The van der Waals surface area contributed by atoms with Gasteiger partial charge in [-0.25, -0.2) is 0 Å². The van der Waals surface area contributed by atoms with Crippen LogP contribution in [0.1, 0.15) is 31.2 Å². The molecule has 0 unspecified atom stereocenters. The summed E-state index contributed by atoms with van der Waals surface area (Å²) in [5.74, 6) is 0.726. The van der Waals surface area contributed by atoms with E-state index in [0.29, 0.717) is 18.4 Å². The summed E-state index contributed by atoms with van der Waals surface area (Å²) < 4.78 is 40.3. The molecule has 0 aromatic heterocycles. The summed E-state index contributed by atoms with van der Waals surface area (Å²) >= 11 is 0. The van der Waals surface area contributed by atoms with Gasteiger partial charge in [0.25, 0.3) is 0 Å². The van der Waals surface area contributed by atoms with E-state index in [1.807, 2.05) is 0 Å². The van der Waals surface area contributed by atoms with Crippen LogP contribution in [0.4, 0.5) is 13.2 Å². The summed E-state index contributed by atoms with van der Waals surface area (Å²) in [5.41, 5.74) is 1.47. The summed E-state index contributed by atoms with van der Waals surface area (Å²) in [7, 11) is 1.79. The van der Waals surface area contributed by atoms with Crippen LogP contribution in [0.2, 0.25) is 0 Å². The molecule has 0 amide bonds. The van der Waals surface area contributed by atoms with Crippen LogP contribution in [-0.4, -0.2) is 43.9 Å². The normalized spacial score (nSPS) is 19.8. The first-order valence-electron chi connectivity index (χ1n) is 8.69. The number of hydrogen-bond acceptors (Lipinski definition) is 2. The van der Waals surface area contributed by atoms with Gasteiger partial charge in [0.1, 0.15) is 5.75 Å². The van der Waals surface area contributed by atoms with Crippen LogP contribution < -0.4 is 10.1 Å². The fraction of sp³-hybridized carbons (Fsp3) is 0.611. The lowest BCUT2D eigenvalue weighted by molar-refractivity contribution is -0.274. The smallest absolute Gasteiger partial charge is 0.406 e. The highest BCUT2D eigenvalue weighted by atomic mass is 19.4. The Morgan fingerprint density at radius 3 is 2.48 bits per heavy atom. The number of aliphatic imine (C=N–C) groups is 1. The van der Waals surface area contributed by atoms with E-state index in [2.05, 4.69) is 19.9 Å². The quantitative estimate of drug-likeness (QED) is 0.663. The average Bonchev–Trinajstić information content (AvgIpc) is 2.97. The monoisotopic (exact) mass is 355 g/mol. The number of rotatable bonds is 4. The molecular weight excluding hydrogens is 331 g/mol. The summed E-state index contributed by atoms with van der Waals surface area (Å²) in [6.07, 6.45) is 1.30. The number of guanidine groups is 1. The van der Waals surface area contributed by atoms with E-state index in [9.17, 15) is 13.2 Å². The predicted molar refractivity (Wildman–Crippen MR) is 90.7 cm³/mol. The Labute approximate surface area is 146 Å². The highest BCUT2D eigenvalue weighted by Gasteiger charge is 2.43. The zero-order valence-electron chi connectivity index (χ0n) is 14.4. The number of halogens is 3. The third kappa shape index (κ3) is 4.58. The van der Waals surface area contributed by atoms with E-state index in [-0.39, 0.29) is 5.75 Å². The molecule has 1 aliphatic carbocycles. The van der Waals surface area contributed by atoms with Gasteiger partial charge in [0.05, 0.1) is 0 Å².